The number of carbonyl (C=O) groups excluding carboxylic acids is 2. The van der Waals surface area contributed by atoms with Crippen molar-refractivity contribution in [3.63, 3.8) is 0 Å². The van der Waals surface area contributed by atoms with Gasteiger partial charge < -0.3 is 9.47 Å². The molecule has 2 amide bonds. The maximum Gasteiger partial charge on any atom is 0.273 e. The van der Waals surface area contributed by atoms with E-state index < -0.39 is 11.8 Å². The smallest absolute Gasteiger partial charge is 0.273 e. The lowest BCUT2D eigenvalue weighted by atomic mass is 10.2. The lowest BCUT2D eigenvalue weighted by molar-refractivity contribution is 0.0931. The maximum atomic E-state index is 12.6. The quantitative estimate of drug-likeness (QED) is 0.321. The number of methoxy groups -OCH3 is 1. The molecule has 0 unspecified atom stereocenters. The summed E-state index contributed by atoms with van der Waals surface area (Å²) in [6.45, 7) is 2.69. The molecule has 8 heteroatoms. The van der Waals surface area contributed by atoms with Crippen LogP contribution in [-0.2, 0) is 0 Å². The monoisotopic (exact) mass is 429 g/mol. The van der Waals surface area contributed by atoms with Crippen molar-refractivity contribution in [1.29, 1.82) is 0 Å². The van der Waals surface area contributed by atoms with Crippen LogP contribution in [0.2, 0.25) is 0 Å². The number of para-hydroxylation sites is 2. The van der Waals surface area contributed by atoms with Crippen molar-refractivity contribution in [2.24, 2.45) is 0 Å². The molecule has 0 aliphatic carbocycles. The third-order valence-corrected chi connectivity index (χ3v) is 4.46. The number of unbranched alkanes of at least 4 members (excludes halogenated alkanes) is 3. The second-order valence-electron chi connectivity index (χ2n) is 6.47. The first-order valence-electron chi connectivity index (χ1n) is 9.83. The molecule has 0 aromatic heterocycles. The lowest BCUT2D eigenvalue weighted by Gasteiger charge is -2.14. The minimum Gasteiger partial charge on any atom is -0.496 e. The summed E-state index contributed by atoms with van der Waals surface area (Å²) in [6, 6.07) is 13.7. The van der Waals surface area contributed by atoms with E-state index in [0.29, 0.717) is 29.2 Å². The number of hydrogen-bond acceptors (Lipinski definition) is 5. The number of carbonyl (C=O) groups is 2. The molecule has 0 radical (unpaired) electrons. The number of hydrazine groups is 1. The summed E-state index contributed by atoms with van der Waals surface area (Å²) in [6.07, 6.45) is 4.33. The molecule has 0 heterocycles. The Morgan fingerprint density at radius 2 is 1.50 bits per heavy atom. The van der Waals surface area contributed by atoms with Crippen molar-refractivity contribution >= 4 is 29.1 Å². The van der Waals surface area contributed by atoms with Gasteiger partial charge in [-0.05, 0) is 42.9 Å². The second-order valence-corrected chi connectivity index (χ2v) is 6.88. The van der Waals surface area contributed by atoms with Gasteiger partial charge in [-0.15, -0.1) is 0 Å². The molecule has 2 rings (SSSR count). The second kappa shape index (κ2) is 12.4. The van der Waals surface area contributed by atoms with Crippen LogP contribution in [0.25, 0.3) is 0 Å². The van der Waals surface area contributed by atoms with Crippen LogP contribution in [0.4, 0.5) is 0 Å². The van der Waals surface area contributed by atoms with Crippen molar-refractivity contribution in [3.8, 4) is 11.5 Å². The Kier molecular flexibility index (Phi) is 9.60. The number of amides is 2. The van der Waals surface area contributed by atoms with Crippen LogP contribution in [0.1, 0.15) is 53.3 Å². The molecule has 3 N–H and O–H groups in total. The fourth-order valence-electron chi connectivity index (χ4n) is 2.71. The molecule has 2 aromatic rings. The van der Waals surface area contributed by atoms with E-state index in [4.69, 9.17) is 21.7 Å². The highest BCUT2D eigenvalue weighted by Crippen LogP contribution is 2.19. The highest BCUT2D eigenvalue weighted by molar-refractivity contribution is 7.80. The molecular formula is C22H27N3O4S. The Balaban J connectivity index is 1.88. The minimum absolute atomic E-state index is 0.0407. The maximum absolute atomic E-state index is 12.6. The fourth-order valence-corrected chi connectivity index (χ4v) is 2.85. The van der Waals surface area contributed by atoms with Crippen molar-refractivity contribution in [2.75, 3.05) is 13.7 Å². The number of thiocarbonyl (C=S) groups is 1. The minimum atomic E-state index is -0.445. The van der Waals surface area contributed by atoms with Crippen LogP contribution in [0.5, 0.6) is 11.5 Å². The standard InChI is InChI=1S/C22H27N3O4S/c1-3-4-5-10-15-29-19-14-9-7-12-17(19)20(26)23-22(30)25-24-21(27)16-11-6-8-13-18(16)28-2/h6-9,11-14H,3-5,10,15H2,1-2H3,(H,24,27)(H2,23,25,26,30). The van der Waals surface area contributed by atoms with E-state index in [2.05, 4.69) is 23.1 Å². The third kappa shape index (κ3) is 7.04. The molecular weight excluding hydrogens is 402 g/mol. The van der Waals surface area contributed by atoms with E-state index in [1.54, 1.807) is 42.5 Å². The Morgan fingerprint density at radius 1 is 0.867 bits per heavy atom. The van der Waals surface area contributed by atoms with Gasteiger partial charge in [0.1, 0.15) is 11.5 Å². The Morgan fingerprint density at radius 3 is 2.17 bits per heavy atom. The predicted molar refractivity (Wildman–Crippen MR) is 120 cm³/mol. The summed E-state index contributed by atoms with van der Waals surface area (Å²) in [5.74, 6) is 0.0483. The molecule has 160 valence electrons. The van der Waals surface area contributed by atoms with Crippen LogP contribution < -0.4 is 25.6 Å². The van der Waals surface area contributed by atoms with Crippen molar-refractivity contribution < 1.29 is 19.1 Å². The van der Waals surface area contributed by atoms with Crippen molar-refractivity contribution in [1.82, 2.24) is 16.2 Å². The summed E-state index contributed by atoms with van der Waals surface area (Å²) in [5.41, 5.74) is 5.67. The molecule has 0 aliphatic heterocycles. The summed E-state index contributed by atoms with van der Waals surface area (Å²) in [5, 5.41) is 2.50. The van der Waals surface area contributed by atoms with Gasteiger partial charge in [0.05, 0.1) is 24.8 Å². The first-order chi connectivity index (χ1) is 14.6. The van der Waals surface area contributed by atoms with Gasteiger partial charge in [0.25, 0.3) is 11.8 Å². The zero-order valence-electron chi connectivity index (χ0n) is 17.2. The summed E-state index contributed by atoms with van der Waals surface area (Å²) < 4.78 is 10.9. The van der Waals surface area contributed by atoms with Gasteiger partial charge in [0, 0.05) is 0 Å². The van der Waals surface area contributed by atoms with Crippen molar-refractivity contribution in [3.05, 3.63) is 59.7 Å². The van der Waals surface area contributed by atoms with Crippen LogP contribution in [0.3, 0.4) is 0 Å². The molecule has 2 aromatic carbocycles. The van der Waals surface area contributed by atoms with E-state index in [1.165, 1.54) is 7.11 Å². The largest absolute Gasteiger partial charge is 0.496 e. The molecule has 7 nitrogen and oxygen atoms in total. The molecule has 0 saturated carbocycles. The first-order valence-corrected chi connectivity index (χ1v) is 10.2. The van der Waals surface area contributed by atoms with E-state index in [0.717, 1.165) is 25.7 Å². The van der Waals surface area contributed by atoms with Gasteiger partial charge in [-0.2, -0.15) is 0 Å². The number of nitrogens with one attached hydrogen (secondary N) is 3. The highest BCUT2D eigenvalue weighted by atomic mass is 32.1. The molecule has 0 spiro atoms. The summed E-state index contributed by atoms with van der Waals surface area (Å²) in [7, 11) is 1.48. The molecule has 0 aliphatic rings. The van der Waals surface area contributed by atoms with Gasteiger partial charge in [-0.1, -0.05) is 50.5 Å². The number of ether oxygens (including phenoxy) is 2. The lowest BCUT2D eigenvalue weighted by Crippen LogP contribution is -2.48. The van der Waals surface area contributed by atoms with Crippen molar-refractivity contribution in [2.45, 2.75) is 32.6 Å². The van der Waals surface area contributed by atoms with E-state index in [1.807, 2.05) is 6.07 Å². The van der Waals surface area contributed by atoms with E-state index in [-0.39, 0.29) is 5.11 Å². The van der Waals surface area contributed by atoms with Gasteiger partial charge in [-0.3, -0.25) is 25.8 Å². The predicted octanol–water partition coefficient (Wildman–Crippen LogP) is 3.60. The fraction of sp³-hybridized carbons (Fsp3) is 0.318. The van der Waals surface area contributed by atoms with Crippen LogP contribution in [0, 0.1) is 0 Å². The molecule has 0 saturated heterocycles. The zero-order chi connectivity index (χ0) is 21.8. The summed E-state index contributed by atoms with van der Waals surface area (Å²) in [4.78, 5) is 24.9. The van der Waals surface area contributed by atoms with Gasteiger partial charge in [0.2, 0.25) is 0 Å². The Hall–Kier alpha value is -3.13. The van der Waals surface area contributed by atoms with Crippen LogP contribution in [-0.4, -0.2) is 30.6 Å². The molecule has 30 heavy (non-hydrogen) atoms. The normalized spacial score (nSPS) is 10.1. The van der Waals surface area contributed by atoms with Gasteiger partial charge in [0.15, 0.2) is 5.11 Å². The zero-order valence-corrected chi connectivity index (χ0v) is 18.0. The molecule has 0 atom stereocenters. The van der Waals surface area contributed by atoms with Gasteiger partial charge in [-0.25, -0.2) is 0 Å². The Labute approximate surface area is 182 Å². The molecule has 0 fully saturated rings. The van der Waals surface area contributed by atoms with E-state index in [9.17, 15) is 9.59 Å². The van der Waals surface area contributed by atoms with Crippen LogP contribution >= 0.6 is 12.2 Å². The van der Waals surface area contributed by atoms with Gasteiger partial charge >= 0.3 is 0 Å². The molecule has 0 bridgehead atoms. The highest BCUT2D eigenvalue weighted by Gasteiger charge is 2.15. The third-order valence-electron chi connectivity index (χ3n) is 4.26. The Bertz CT molecular complexity index is 873. The van der Waals surface area contributed by atoms with Crippen LogP contribution in [0.15, 0.2) is 48.5 Å². The average molecular weight is 430 g/mol. The SMILES string of the molecule is CCCCCCOc1ccccc1C(=O)NC(=S)NNC(=O)c1ccccc1OC. The summed E-state index contributed by atoms with van der Waals surface area (Å²) >= 11 is 5.11. The average Bonchev–Trinajstić information content (AvgIpc) is 2.77. The topological polar surface area (TPSA) is 88.7 Å². The van der Waals surface area contributed by atoms with E-state index >= 15 is 0 Å². The number of rotatable bonds is 9. The first kappa shape index (κ1) is 23.2. The number of hydrogen-bond donors (Lipinski definition) is 3. The number of benzene rings is 2.